The van der Waals surface area contributed by atoms with Crippen LogP contribution in [0.3, 0.4) is 0 Å². The fourth-order valence-corrected chi connectivity index (χ4v) is 6.35. The van der Waals surface area contributed by atoms with Crippen molar-refractivity contribution in [2.75, 3.05) is 7.11 Å². The Kier molecular flexibility index (Phi) is 15.8. The third kappa shape index (κ3) is 13.2. The number of halogens is 6. The van der Waals surface area contributed by atoms with Crippen LogP contribution in [0.2, 0.25) is 0 Å². The lowest BCUT2D eigenvalue weighted by Gasteiger charge is -2.09. The van der Waals surface area contributed by atoms with E-state index >= 15 is 0 Å². The second kappa shape index (κ2) is 21.0. The van der Waals surface area contributed by atoms with Gasteiger partial charge in [0.2, 0.25) is 11.8 Å². The molecule has 0 spiro atoms. The molecule has 4 aromatic carbocycles. The van der Waals surface area contributed by atoms with Crippen LogP contribution in [0, 0.1) is 13.8 Å². The zero-order chi connectivity index (χ0) is 45.9. The van der Waals surface area contributed by atoms with E-state index in [1.165, 1.54) is 31.4 Å². The molecule has 10 nitrogen and oxygen atoms in total. The highest BCUT2D eigenvalue weighted by Gasteiger charge is 2.31. The molecule has 2 heterocycles. The highest BCUT2D eigenvalue weighted by molar-refractivity contribution is 5.69. The highest BCUT2D eigenvalue weighted by Crippen LogP contribution is 2.33. The van der Waals surface area contributed by atoms with Crippen molar-refractivity contribution in [1.29, 1.82) is 0 Å². The predicted molar refractivity (Wildman–Crippen MR) is 220 cm³/mol. The number of hydrogen-bond donors (Lipinski definition) is 1. The number of benzene rings is 4. The van der Waals surface area contributed by atoms with Crippen LogP contribution >= 0.6 is 0 Å². The van der Waals surface area contributed by atoms with Crippen LogP contribution in [0.4, 0.5) is 26.3 Å². The number of nitrogens with zero attached hydrogens (tertiary/aromatic N) is 2. The highest BCUT2D eigenvalue weighted by atomic mass is 19.4. The van der Waals surface area contributed by atoms with Gasteiger partial charge >= 0.3 is 24.3 Å². The van der Waals surface area contributed by atoms with Crippen LogP contribution in [0.1, 0.15) is 83.0 Å². The first-order valence-electron chi connectivity index (χ1n) is 19.9. The SMILES string of the molecule is CCc1nc(-c2ccc(C(F)(F)F)cc2)oc1COc1ccc(CCC(=O)O)c(C)c1.CCc1nc(-c2ccc(C(F)(F)F)cc2)oc1COc1ccc(CCC(=O)OC)c(C)c1. The summed E-state index contributed by atoms with van der Waals surface area (Å²) in [5, 5.41) is 8.82. The molecule has 63 heavy (non-hydrogen) atoms. The van der Waals surface area contributed by atoms with Gasteiger partial charge in [-0.3, -0.25) is 9.59 Å². The molecule has 0 aliphatic carbocycles. The zero-order valence-electron chi connectivity index (χ0n) is 35.2. The fourth-order valence-electron chi connectivity index (χ4n) is 6.35. The second-order valence-corrected chi connectivity index (χ2v) is 14.4. The van der Waals surface area contributed by atoms with Gasteiger partial charge in [0, 0.05) is 24.0 Å². The molecule has 16 heteroatoms. The maximum absolute atomic E-state index is 12.8. The van der Waals surface area contributed by atoms with Gasteiger partial charge in [0.25, 0.3) is 0 Å². The van der Waals surface area contributed by atoms with Crippen molar-refractivity contribution >= 4 is 11.9 Å². The van der Waals surface area contributed by atoms with E-state index in [0.29, 0.717) is 77.6 Å². The minimum absolute atomic E-state index is 0.0612. The lowest BCUT2D eigenvalue weighted by molar-refractivity contribution is -0.141. The van der Waals surface area contributed by atoms with Crippen LogP contribution in [-0.2, 0) is 65.6 Å². The monoisotopic (exact) mass is 880 g/mol. The number of carbonyl (C=O) groups excluding carboxylic acids is 1. The normalized spacial score (nSPS) is 11.5. The van der Waals surface area contributed by atoms with Gasteiger partial charge in [-0.05, 0) is 135 Å². The summed E-state index contributed by atoms with van der Waals surface area (Å²) < 4.78 is 105. The van der Waals surface area contributed by atoms with Crippen molar-refractivity contribution < 1.29 is 64.1 Å². The Morgan fingerprint density at radius 3 is 1.35 bits per heavy atom. The molecule has 334 valence electrons. The van der Waals surface area contributed by atoms with Gasteiger partial charge in [0.05, 0.1) is 29.6 Å². The van der Waals surface area contributed by atoms with Crippen LogP contribution in [0.15, 0.2) is 93.8 Å². The predicted octanol–water partition coefficient (Wildman–Crippen LogP) is 11.7. The van der Waals surface area contributed by atoms with Crippen LogP contribution in [0.25, 0.3) is 22.9 Å². The molecule has 6 rings (SSSR count). The van der Waals surface area contributed by atoms with Crippen LogP contribution < -0.4 is 9.47 Å². The third-order valence-corrected chi connectivity index (χ3v) is 9.95. The number of carboxylic acid groups (broad SMARTS) is 1. The fraction of sp³-hybridized carbons (Fsp3) is 0.319. The maximum atomic E-state index is 12.8. The Morgan fingerprint density at radius 1 is 0.619 bits per heavy atom. The molecular weight excluding hydrogens is 835 g/mol. The van der Waals surface area contributed by atoms with Crippen LogP contribution in [-0.4, -0.2) is 34.1 Å². The number of carbonyl (C=O) groups is 2. The van der Waals surface area contributed by atoms with E-state index in [4.69, 9.17) is 23.4 Å². The largest absolute Gasteiger partial charge is 0.486 e. The molecule has 0 fully saturated rings. The molecule has 0 bridgehead atoms. The van der Waals surface area contributed by atoms with E-state index in [2.05, 4.69) is 14.7 Å². The smallest absolute Gasteiger partial charge is 0.416 e. The van der Waals surface area contributed by atoms with Gasteiger partial charge in [0.15, 0.2) is 11.5 Å². The topological polar surface area (TPSA) is 134 Å². The molecule has 0 saturated heterocycles. The molecule has 0 amide bonds. The van der Waals surface area contributed by atoms with Crippen LogP contribution in [0.5, 0.6) is 11.5 Å². The Labute approximate surface area is 359 Å². The Balaban J connectivity index is 0.000000238. The van der Waals surface area contributed by atoms with Crippen molar-refractivity contribution in [3.05, 3.63) is 141 Å². The number of esters is 1. The molecule has 0 aliphatic rings. The molecule has 0 unspecified atom stereocenters. The number of methoxy groups -OCH3 is 1. The molecule has 0 atom stereocenters. The van der Waals surface area contributed by atoms with Crippen molar-refractivity contribution in [2.45, 2.75) is 91.8 Å². The minimum atomic E-state index is -4.40. The summed E-state index contributed by atoms with van der Waals surface area (Å²) in [5.74, 6) is 1.66. The Hall–Kier alpha value is -6.58. The van der Waals surface area contributed by atoms with E-state index in [1.807, 2.05) is 58.0 Å². The number of carboxylic acids is 1. The summed E-state index contributed by atoms with van der Waals surface area (Å²) in [4.78, 5) is 30.9. The summed E-state index contributed by atoms with van der Waals surface area (Å²) in [7, 11) is 1.36. The standard InChI is InChI=1S/C24H24F3NO4.C23H22F3NO4/c1-4-20-21(32-23(28-20)17-5-9-18(10-6-17)24(25,26)27)14-31-19-11-7-16(15(2)13-19)8-12-22(29)30-3;1-3-19-20(13-30-18-10-6-15(14(2)12-18)7-11-21(28)29)31-22(27-19)16-4-8-17(9-5-16)23(24,25)26/h5-7,9-11,13H,4,8,12,14H2,1-3H3;4-6,8-10,12H,3,7,11,13H2,1-2H3,(H,28,29). The van der Waals surface area contributed by atoms with Gasteiger partial charge < -0.3 is 28.2 Å². The Morgan fingerprint density at radius 2 is 1.02 bits per heavy atom. The molecular formula is C47H46F6N2O8. The molecule has 2 aromatic heterocycles. The number of aliphatic carboxylic acids is 1. The molecule has 0 aliphatic heterocycles. The van der Waals surface area contributed by atoms with Crippen molar-refractivity contribution in [3.8, 4) is 34.4 Å². The molecule has 0 saturated carbocycles. The minimum Gasteiger partial charge on any atom is -0.486 e. The maximum Gasteiger partial charge on any atom is 0.416 e. The number of oxazole rings is 2. The van der Waals surface area contributed by atoms with Crippen molar-refractivity contribution in [3.63, 3.8) is 0 Å². The van der Waals surface area contributed by atoms with Crippen molar-refractivity contribution in [2.24, 2.45) is 0 Å². The first-order chi connectivity index (χ1) is 29.9. The van der Waals surface area contributed by atoms with E-state index in [0.717, 1.165) is 46.5 Å². The van der Waals surface area contributed by atoms with Gasteiger partial charge in [-0.25, -0.2) is 9.97 Å². The average molecular weight is 881 g/mol. The second-order valence-electron chi connectivity index (χ2n) is 14.4. The lowest BCUT2D eigenvalue weighted by atomic mass is 10.0. The summed E-state index contributed by atoms with van der Waals surface area (Å²) in [6, 6.07) is 20.4. The quantitative estimate of drug-likeness (QED) is 0.0739. The average Bonchev–Trinajstić information content (AvgIpc) is 3.88. The number of aromatic nitrogens is 2. The van der Waals surface area contributed by atoms with Gasteiger partial charge in [0.1, 0.15) is 24.7 Å². The van der Waals surface area contributed by atoms with Crippen molar-refractivity contribution in [1.82, 2.24) is 9.97 Å². The first kappa shape index (κ1) is 47.5. The first-order valence-corrected chi connectivity index (χ1v) is 19.9. The van der Waals surface area contributed by atoms with Gasteiger partial charge in [-0.2, -0.15) is 26.3 Å². The lowest BCUT2D eigenvalue weighted by Crippen LogP contribution is -2.03. The van der Waals surface area contributed by atoms with E-state index in [-0.39, 0.29) is 37.4 Å². The zero-order valence-corrected chi connectivity index (χ0v) is 35.2. The number of hydrogen-bond acceptors (Lipinski definition) is 9. The summed E-state index contributed by atoms with van der Waals surface area (Å²) >= 11 is 0. The summed E-state index contributed by atoms with van der Waals surface area (Å²) in [5.41, 5.74) is 4.70. The number of ether oxygens (including phenoxy) is 3. The van der Waals surface area contributed by atoms with E-state index in [1.54, 1.807) is 6.07 Å². The number of aryl methyl sites for hydroxylation is 6. The molecule has 1 N–H and O–H groups in total. The Bertz CT molecular complexity index is 2470. The van der Waals surface area contributed by atoms with Gasteiger partial charge in [-0.15, -0.1) is 0 Å². The number of rotatable bonds is 16. The molecule has 6 aromatic rings. The molecule has 0 radical (unpaired) electrons. The van der Waals surface area contributed by atoms with Gasteiger partial charge in [-0.1, -0.05) is 26.0 Å². The van der Waals surface area contributed by atoms with E-state index < -0.39 is 29.4 Å². The summed E-state index contributed by atoms with van der Waals surface area (Å²) in [6.07, 6.45) is -6.23. The number of alkyl halides is 6. The third-order valence-electron chi connectivity index (χ3n) is 9.95. The van der Waals surface area contributed by atoms with E-state index in [9.17, 15) is 35.9 Å². The summed E-state index contributed by atoms with van der Waals surface area (Å²) in [6.45, 7) is 7.90.